The lowest BCUT2D eigenvalue weighted by Gasteiger charge is -2.30. The molecular formula is C27H30F2N4O2S. The van der Waals surface area contributed by atoms with E-state index in [1.165, 1.54) is 41.9 Å². The maximum atomic E-state index is 13.7. The molecule has 3 N–H and O–H groups in total. The highest BCUT2D eigenvalue weighted by Crippen LogP contribution is 2.33. The van der Waals surface area contributed by atoms with Crippen molar-refractivity contribution in [3.8, 4) is 11.3 Å². The third-order valence-corrected chi connectivity index (χ3v) is 6.94. The van der Waals surface area contributed by atoms with Gasteiger partial charge in [0.1, 0.15) is 11.6 Å². The molecule has 190 valence electrons. The number of halogens is 2. The fraction of sp³-hybridized carbons (Fsp3) is 0.370. The van der Waals surface area contributed by atoms with Gasteiger partial charge in [-0.05, 0) is 72.9 Å². The first-order chi connectivity index (χ1) is 17.3. The van der Waals surface area contributed by atoms with Crippen LogP contribution < -0.4 is 10.6 Å². The molecule has 3 atom stereocenters. The lowest BCUT2D eigenvalue weighted by Crippen LogP contribution is -2.48. The van der Waals surface area contributed by atoms with Crippen LogP contribution in [0.15, 0.2) is 53.8 Å². The minimum Gasteiger partial charge on any atom is -0.390 e. The van der Waals surface area contributed by atoms with E-state index in [4.69, 9.17) is 0 Å². The van der Waals surface area contributed by atoms with Gasteiger partial charge in [-0.15, -0.1) is 0 Å². The van der Waals surface area contributed by atoms with E-state index in [0.717, 1.165) is 36.6 Å². The average Bonchev–Trinajstić information content (AvgIpc) is 2.85. The summed E-state index contributed by atoms with van der Waals surface area (Å²) in [6.45, 7) is 1.56. The van der Waals surface area contributed by atoms with Crippen LogP contribution in [-0.2, 0) is 17.6 Å². The highest BCUT2D eigenvalue weighted by atomic mass is 32.2. The van der Waals surface area contributed by atoms with Gasteiger partial charge < -0.3 is 15.7 Å². The van der Waals surface area contributed by atoms with Crippen molar-refractivity contribution in [3.05, 3.63) is 77.0 Å². The molecule has 1 heterocycles. The molecule has 1 unspecified atom stereocenters. The summed E-state index contributed by atoms with van der Waals surface area (Å²) >= 11 is 1.49. The van der Waals surface area contributed by atoms with Gasteiger partial charge in [-0.2, -0.15) is 0 Å². The molecule has 36 heavy (non-hydrogen) atoms. The Kier molecular flexibility index (Phi) is 8.66. The maximum absolute atomic E-state index is 13.7. The number of carbonyl (C=O) groups excluding carboxylic acids is 1. The highest BCUT2D eigenvalue weighted by molar-refractivity contribution is 7.98. The number of carbonyl (C=O) groups is 1. The van der Waals surface area contributed by atoms with Gasteiger partial charge in [0.25, 0.3) is 0 Å². The summed E-state index contributed by atoms with van der Waals surface area (Å²) in [6.07, 6.45) is 5.75. The van der Waals surface area contributed by atoms with E-state index < -0.39 is 23.8 Å². The fourth-order valence-electron chi connectivity index (χ4n) is 4.70. The molecule has 0 spiro atoms. The molecule has 1 aromatic heterocycles. The number of fused-ring (bicyclic) bond motifs is 1. The molecule has 0 aliphatic heterocycles. The number of nitrogens with one attached hydrogen (secondary N) is 2. The predicted octanol–water partition coefficient (Wildman–Crippen LogP) is 4.22. The van der Waals surface area contributed by atoms with Crippen molar-refractivity contribution < 1.29 is 18.7 Å². The van der Waals surface area contributed by atoms with Crippen molar-refractivity contribution in [1.29, 1.82) is 0 Å². The predicted molar refractivity (Wildman–Crippen MR) is 137 cm³/mol. The topological polar surface area (TPSA) is 87.1 Å². The number of aromatic nitrogens is 2. The van der Waals surface area contributed by atoms with E-state index in [1.54, 1.807) is 6.20 Å². The van der Waals surface area contributed by atoms with Crippen LogP contribution in [0.1, 0.15) is 42.5 Å². The number of aryl methyl sites for hydroxylation is 1. The molecule has 2 aromatic carbocycles. The first kappa shape index (κ1) is 26.2. The van der Waals surface area contributed by atoms with Crippen molar-refractivity contribution in [3.63, 3.8) is 0 Å². The molecule has 6 nitrogen and oxygen atoms in total. The summed E-state index contributed by atoms with van der Waals surface area (Å²) in [4.78, 5) is 20.6. The standard InChI is InChI=1S/C27H30F2N4O2S/c1-16(34)32-25(12-17-10-20(28)14-21(29)11-17)26(35)15-31-24-5-3-4-18-6-7-19(13-22(18)24)23-8-9-30-27(33-23)36-2/h6-11,13-14,24-26,31,35H,3-5,12,15H2,1-2H3,(H,32,34)/t24?,25-,26-/m0/s1. The van der Waals surface area contributed by atoms with Crippen LogP contribution in [0.5, 0.6) is 0 Å². The fourth-order valence-corrected chi connectivity index (χ4v) is 5.06. The van der Waals surface area contributed by atoms with Crippen molar-refractivity contribution >= 4 is 17.7 Å². The minimum absolute atomic E-state index is 0.0230. The summed E-state index contributed by atoms with van der Waals surface area (Å²) in [5, 5.41) is 17.8. The number of hydrogen-bond donors (Lipinski definition) is 3. The molecule has 0 saturated carbocycles. The van der Waals surface area contributed by atoms with Crippen LogP contribution in [0, 0.1) is 11.6 Å². The zero-order chi connectivity index (χ0) is 25.7. The molecule has 9 heteroatoms. The van der Waals surface area contributed by atoms with Gasteiger partial charge in [-0.3, -0.25) is 4.79 Å². The van der Waals surface area contributed by atoms with Crippen molar-refractivity contribution in [1.82, 2.24) is 20.6 Å². The lowest BCUT2D eigenvalue weighted by atomic mass is 9.86. The maximum Gasteiger partial charge on any atom is 0.217 e. The van der Waals surface area contributed by atoms with E-state index in [9.17, 15) is 18.7 Å². The smallest absolute Gasteiger partial charge is 0.217 e. The largest absolute Gasteiger partial charge is 0.390 e. The molecular weight excluding hydrogens is 482 g/mol. The number of aliphatic hydroxyl groups is 1. The number of benzene rings is 2. The number of hydrogen-bond acceptors (Lipinski definition) is 6. The molecule has 0 fully saturated rings. The summed E-state index contributed by atoms with van der Waals surface area (Å²) in [5.41, 5.74) is 4.65. The van der Waals surface area contributed by atoms with Gasteiger partial charge in [0.05, 0.1) is 17.8 Å². The van der Waals surface area contributed by atoms with Gasteiger partial charge in [-0.25, -0.2) is 18.7 Å². The number of nitrogens with zero attached hydrogens (tertiary/aromatic N) is 2. The molecule has 1 aliphatic carbocycles. The zero-order valence-electron chi connectivity index (χ0n) is 20.3. The summed E-state index contributed by atoms with van der Waals surface area (Å²) in [7, 11) is 0. The van der Waals surface area contributed by atoms with Gasteiger partial charge >= 0.3 is 0 Å². The average molecular weight is 513 g/mol. The summed E-state index contributed by atoms with van der Waals surface area (Å²) < 4.78 is 27.3. The molecule has 0 saturated heterocycles. The third kappa shape index (κ3) is 6.66. The Balaban J connectivity index is 1.49. The number of amides is 1. The first-order valence-corrected chi connectivity index (χ1v) is 13.2. The van der Waals surface area contributed by atoms with Crippen LogP contribution >= 0.6 is 11.8 Å². The summed E-state index contributed by atoms with van der Waals surface area (Å²) in [6, 6.07) is 10.8. The molecule has 1 amide bonds. The lowest BCUT2D eigenvalue weighted by molar-refractivity contribution is -0.120. The second-order valence-corrected chi connectivity index (χ2v) is 9.82. The van der Waals surface area contributed by atoms with Crippen LogP contribution in [0.4, 0.5) is 8.78 Å². The third-order valence-electron chi connectivity index (χ3n) is 6.38. The van der Waals surface area contributed by atoms with Crippen molar-refractivity contribution in [2.24, 2.45) is 0 Å². The van der Waals surface area contributed by atoms with Gasteiger partial charge in [-0.1, -0.05) is 23.9 Å². The highest BCUT2D eigenvalue weighted by Gasteiger charge is 2.25. The first-order valence-electron chi connectivity index (χ1n) is 12.0. The van der Waals surface area contributed by atoms with Crippen LogP contribution in [-0.4, -0.2) is 45.9 Å². The second-order valence-electron chi connectivity index (χ2n) is 9.05. The zero-order valence-corrected chi connectivity index (χ0v) is 21.1. The van der Waals surface area contributed by atoms with E-state index in [0.29, 0.717) is 10.7 Å². The number of thioether (sulfide) groups is 1. The van der Waals surface area contributed by atoms with E-state index in [2.05, 4.69) is 38.8 Å². The number of aliphatic hydroxyl groups excluding tert-OH is 1. The van der Waals surface area contributed by atoms with E-state index in [-0.39, 0.29) is 24.9 Å². The summed E-state index contributed by atoms with van der Waals surface area (Å²) in [5.74, 6) is -1.71. The van der Waals surface area contributed by atoms with Crippen LogP contribution in [0.3, 0.4) is 0 Å². The Hall–Kier alpha value is -2.88. The Bertz CT molecular complexity index is 1210. The molecule has 4 rings (SSSR count). The SMILES string of the molecule is CSc1nccc(-c2ccc3c(c2)C(NC[C@H](O)[C@H](Cc2cc(F)cc(F)c2)NC(C)=O)CCC3)n1. The quantitative estimate of drug-likeness (QED) is 0.294. The van der Waals surface area contributed by atoms with Crippen LogP contribution in [0.25, 0.3) is 11.3 Å². The monoisotopic (exact) mass is 512 g/mol. The normalized spacial score (nSPS) is 16.8. The van der Waals surface area contributed by atoms with Crippen molar-refractivity contribution in [2.45, 2.75) is 56.0 Å². The van der Waals surface area contributed by atoms with Crippen molar-refractivity contribution in [2.75, 3.05) is 12.8 Å². The van der Waals surface area contributed by atoms with E-state index >= 15 is 0 Å². The minimum atomic E-state index is -0.959. The molecule has 0 radical (unpaired) electrons. The Labute approximate surface area is 214 Å². The Morgan fingerprint density at radius 2 is 1.97 bits per heavy atom. The van der Waals surface area contributed by atoms with Gasteiger partial charge in [0.15, 0.2) is 5.16 Å². The molecule has 1 aliphatic rings. The Morgan fingerprint density at radius 3 is 2.69 bits per heavy atom. The van der Waals surface area contributed by atoms with Gasteiger partial charge in [0, 0.05) is 37.3 Å². The van der Waals surface area contributed by atoms with Gasteiger partial charge in [0.2, 0.25) is 5.91 Å². The molecule has 3 aromatic rings. The Morgan fingerprint density at radius 1 is 1.19 bits per heavy atom. The second kappa shape index (κ2) is 11.9. The van der Waals surface area contributed by atoms with Crippen LogP contribution in [0.2, 0.25) is 0 Å². The molecule has 0 bridgehead atoms. The number of rotatable bonds is 9. The van der Waals surface area contributed by atoms with E-state index in [1.807, 2.05) is 12.3 Å².